The van der Waals surface area contributed by atoms with E-state index in [4.69, 9.17) is 4.52 Å². The summed E-state index contributed by atoms with van der Waals surface area (Å²) < 4.78 is 4.83. The zero-order chi connectivity index (χ0) is 7.40. The van der Waals surface area contributed by atoms with Crippen LogP contribution in [0.2, 0.25) is 0 Å². The molecular weight excluding hydrogens is 128 g/mol. The number of rotatable bonds is 2. The summed E-state index contributed by atoms with van der Waals surface area (Å²) in [7, 11) is 1.68. The van der Waals surface area contributed by atoms with Gasteiger partial charge in [-0.3, -0.25) is 4.99 Å². The van der Waals surface area contributed by atoms with Crippen LogP contribution in [0.25, 0.3) is 6.08 Å². The first kappa shape index (κ1) is 6.74. The number of hydrogen-bond acceptors (Lipinski definition) is 3. The molecule has 0 radical (unpaired) electrons. The third kappa shape index (κ3) is 1.13. The van der Waals surface area contributed by atoms with Gasteiger partial charge in [-0.25, -0.2) is 0 Å². The number of nitrogens with zero attached hydrogens (tertiary/aromatic N) is 2. The van der Waals surface area contributed by atoms with Crippen LogP contribution in [0.3, 0.4) is 0 Å². The van der Waals surface area contributed by atoms with Gasteiger partial charge in [-0.1, -0.05) is 17.8 Å². The molecule has 1 aromatic rings. The molecule has 0 saturated carbocycles. The molecule has 1 heterocycles. The minimum absolute atomic E-state index is 0.650. The first-order chi connectivity index (χ1) is 4.88. The summed E-state index contributed by atoms with van der Waals surface area (Å²) in [5.74, 6) is 0.650. The van der Waals surface area contributed by atoms with E-state index in [1.54, 1.807) is 25.5 Å². The largest absolute Gasteiger partial charge is 0.355 e. The van der Waals surface area contributed by atoms with Crippen molar-refractivity contribution in [3.8, 4) is 0 Å². The summed E-state index contributed by atoms with van der Waals surface area (Å²) >= 11 is 0. The first-order valence-electron chi connectivity index (χ1n) is 2.87. The summed E-state index contributed by atoms with van der Waals surface area (Å²) in [4.78, 5) is 3.78. The average molecular weight is 136 g/mol. The van der Waals surface area contributed by atoms with Gasteiger partial charge in [0.2, 0.25) is 0 Å². The van der Waals surface area contributed by atoms with Crippen molar-refractivity contribution < 1.29 is 4.52 Å². The molecule has 0 aliphatic rings. The van der Waals surface area contributed by atoms with Crippen LogP contribution in [-0.2, 0) is 0 Å². The zero-order valence-electron chi connectivity index (χ0n) is 5.74. The van der Waals surface area contributed by atoms with E-state index in [-0.39, 0.29) is 0 Å². The van der Waals surface area contributed by atoms with Crippen molar-refractivity contribution in [3.63, 3.8) is 0 Å². The lowest BCUT2D eigenvalue weighted by molar-refractivity contribution is 0.415. The average Bonchev–Trinajstić information content (AvgIpc) is 2.36. The van der Waals surface area contributed by atoms with Crippen molar-refractivity contribution >= 4 is 12.3 Å². The molecule has 0 spiro atoms. The van der Waals surface area contributed by atoms with E-state index in [2.05, 4.69) is 16.7 Å². The quantitative estimate of drug-likeness (QED) is 0.576. The van der Waals surface area contributed by atoms with Crippen LogP contribution in [0.15, 0.2) is 22.3 Å². The fourth-order valence-electron chi connectivity index (χ4n) is 0.625. The minimum Gasteiger partial charge on any atom is -0.355 e. The van der Waals surface area contributed by atoms with Crippen LogP contribution >= 0.6 is 0 Å². The van der Waals surface area contributed by atoms with Gasteiger partial charge in [0.25, 0.3) is 0 Å². The van der Waals surface area contributed by atoms with E-state index < -0.39 is 0 Å². The van der Waals surface area contributed by atoms with E-state index in [1.165, 1.54) is 0 Å². The molecular formula is C7H8N2O. The van der Waals surface area contributed by atoms with Crippen LogP contribution in [0.1, 0.15) is 11.3 Å². The highest BCUT2D eigenvalue weighted by molar-refractivity contribution is 5.81. The Kier molecular flexibility index (Phi) is 1.99. The van der Waals surface area contributed by atoms with Crippen LogP contribution in [-0.4, -0.2) is 18.4 Å². The SMILES string of the molecule is C=Cc1cnoc1C=NC. The second kappa shape index (κ2) is 2.96. The standard InChI is InChI=1S/C7H8N2O/c1-3-6-4-9-10-7(6)5-8-2/h3-5H,1H2,2H3. The fraction of sp³-hybridized carbons (Fsp3) is 0.143. The number of aromatic nitrogens is 1. The van der Waals surface area contributed by atoms with E-state index in [0.717, 1.165) is 5.56 Å². The molecule has 3 nitrogen and oxygen atoms in total. The summed E-state index contributed by atoms with van der Waals surface area (Å²) in [5, 5.41) is 3.57. The highest BCUT2D eigenvalue weighted by atomic mass is 16.5. The number of hydrogen-bond donors (Lipinski definition) is 0. The Balaban J connectivity index is 3.00. The monoisotopic (exact) mass is 136 g/mol. The molecule has 1 rings (SSSR count). The molecule has 0 N–H and O–H groups in total. The fourth-order valence-corrected chi connectivity index (χ4v) is 0.625. The van der Waals surface area contributed by atoms with Crippen LogP contribution in [0.5, 0.6) is 0 Å². The molecule has 0 fully saturated rings. The second-order valence-electron chi connectivity index (χ2n) is 1.74. The van der Waals surface area contributed by atoms with Crippen molar-refractivity contribution in [2.45, 2.75) is 0 Å². The highest BCUT2D eigenvalue weighted by Gasteiger charge is 1.98. The number of aliphatic imine (C=N–C) groups is 1. The molecule has 0 aliphatic carbocycles. The molecule has 0 aromatic carbocycles. The normalized spacial score (nSPS) is 10.5. The van der Waals surface area contributed by atoms with E-state index in [1.807, 2.05) is 0 Å². The van der Waals surface area contributed by atoms with Gasteiger partial charge in [0.1, 0.15) is 0 Å². The molecule has 52 valence electrons. The lowest BCUT2D eigenvalue weighted by Crippen LogP contribution is -1.77. The van der Waals surface area contributed by atoms with Gasteiger partial charge < -0.3 is 4.52 Å². The van der Waals surface area contributed by atoms with Gasteiger partial charge in [-0.05, 0) is 0 Å². The first-order valence-corrected chi connectivity index (χ1v) is 2.87. The molecule has 3 heteroatoms. The Morgan fingerprint density at radius 2 is 2.60 bits per heavy atom. The minimum atomic E-state index is 0.650. The lowest BCUT2D eigenvalue weighted by atomic mass is 10.3. The Morgan fingerprint density at radius 1 is 1.80 bits per heavy atom. The molecule has 0 atom stereocenters. The van der Waals surface area contributed by atoms with Crippen LogP contribution in [0, 0.1) is 0 Å². The van der Waals surface area contributed by atoms with Gasteiger partial charge in [-0.15, -0.1) is 0 Å². The Bertz CT molecular complexity index is 250. The van der Waals surface area contributed by atoms with Gasteiger partial charge in [0.15, 0.2) is 5.76 Å². The van der Waals surface area contributed by atoms with Crippen LogP contribution in [0.4, 0.5) is 0 Å². The van der Waals surface area contributed by atoms with Crippen LogP contribution < -0.4 is 0 Å². The summed E-state index contributed by atoms with van der Waals surface area (Å²) in [6.07, 6.45) is 4.88. The second-order valence-corrected chi connectivity index (χ2v) is 1.74. The maximum Gasteiger partial charge on any atom is 0.184 e. The lowest BCUT2D eigenvalue weighted by Gasteiger charge is -1.82. The van der Waals surface area contributed by atoms with Crippen molar-refractivity contribution in [1.82, 2.24) is 5.16 Å². The third-order valence-corrected chi connectivity index (χ3v) is 1.09. The van der Waals surface area contributed by atoms with Crippen molar-refractivity contribution in [2.24, 2.45) is 4.99 Å². The highest BCUT2D eigenvalue weighted by Crippen LogP contribution is 2.05. The van der Waals surface area contributed by atoms with E-state index >= 15 is 0 Å². The molecule has 0 unspecified atom stereocenters. The summed E-state index contributed by atoms with van der Waals surface area (Å²) in [6.45, 7) is 3.58. The van der Waals surface area contributed by atoms with Gasteiger partial charge in [0, 0.05) is 12.6 Å². The van der Waals surface area contributed by atoms with E-state index in [0.29, 0.717) is 5.76 Å². The van der Waals surface area contributed by atoms with Crippen molar-refractivity contribution in [2.75, 3.05) is 7.05 Å². The predicted octanol–water partition coefficient (Wildman–Crippen LogP) is 1.37. The molecule has 1 aromatic heterocycles. The molecule has 0 saturated heterocycles. The van der Waals surface area contributed by atoms with Gasteiger partial charge in [-0.2, -0.15) is 0 Å². The summed E-state index contributed by atoms with van der Waals surface area (Å²) in [6, 6.07) is 0. The smallest absolute Gasteiger partial charge is 0.184 e. The zero-order valence-corrected chi connectivity index (χ0v) is 5.74. The molecule has 0 bridgehead atoms. The summed E-state index contributed by atoms with van der Waals surface area (Å²) in [5.41, 5.74) is 0.866. The van der Waals surface area contributed by atoms with Gasteiger partial charge >= 0.3 is 0 Å². The molecule has 0 aliphatic heterocycles. The third-order valence-electron chi connectivity index (χ3n) is 1.09. The van der Waals surface area contributed by atoms with Crippen molar-refractivity contribution in [1.29, 1.82) is 0 Å². The topological polar surface area (TPSA) is 38.4 Å². The molecule has 0 amide bonds. The maximum absolute atomic E-state index is 4.83. The molecule has 10 heavy (non-hydrogen) atoms. The Labute approximate surface area is 59.1 Å². The predicted molar refractivity (Wildman–Crippen MR) is 40.1 cm³/mol. The van der Waals surface area contributed by atoms with E-state index in [9.17, 15) is 0 Å². The van der Waals surface area contributed by atoms with Gasteiger partial charge in [0.05, 0.1) is 12.4 Å². The Hall–Kier alpha value is -1.38. The van der Waals surface area contributed by atoms with Crippen molar-refractivity contribution in [3.05, 3.63) is 24.1 Å². The Morgan fingerprint density at radius 3 is 3.20 bits per heavy atom. The maximum atomic E-state index is 4.83.